The van der Waals surface area contributed by atoms with Gasteiger partial charge in [0.25, 0.3) is 5.91 Å². The van der Waals surface area contributed by atoms with Gasteiger partial charge in [0.15, 0.2) is 0 Å². The molecule has 4 heteroatoms. The van der Waals surface area contributed by atoms with Crippen LogP contribution >= 0.6 is 15.9 Å². The van der Waals surface area contributed by atoms with Crippen molar-refractivity contribution >= 4 is 21.8 Å². The number of hydrogen-bond donors (Lipinski definition) is 1. The van der Waals surface area contributed by atoms with Gasteiger partial charge in [-0.3, -0.25) is 4.79 Å². The zero-order valence-electron chi connectivity index (χ0n) is 11.4. The highest BCUT2D eigenvalue weighted by Crippen LogP contribution is 2.22. The number of halogens is 1. The van der Waals surface area contributed by atoms with Gasteiger partial charge in [-0.25, -0.2) is 0 Å². The molecule has 1 fully saturated rings. The van der Waals surface area contributed by atoms with Gasteiger partial charge in [-0.15, -0.1) is 0 Å². The molecule has 0 aromatic heterocycles. The summed E-state index contributed by atoms with van der Waals surface area (Å²) in [5, 5.41) is 3.18. The molecule has 1 aromatic carbocycles. The fourth-order valence-electron chi connectivity index (χ4n) is 2.64. The second-order valence-corrected chi connectivity index (χ2v) is 5.96. The molecular weight excluding hydrogens is 304 g/mol. The quantitative estimate of drug-likeness (QED) is 0.923. The SMILES string of the molecule is CNCCC1CCCCN1C(=O)c1ccc(Br)cc1. The zero-order valence-corrected chi connectivity index (χ0v) is 12.9. The molecule has 0 bridgehead atoms. The lowest BCUT2D eigenvalue weighted by molar-refractivity contribution is 0.0602. The van der Waals surface area contributed by atoms with E-state index in [0.29, 0.717) is 6.04 Å². The highest BCUT2D eigenvalue weighted by molar-refractivity contribution is 9.10. The third-order valence-corrected chi connectivity index (χ3v) is 4.24. The van der Waals surface area contributed by atoms with E-state index in [2.05, 4.69) is 26.1 Å². The van der Waals surface area contributed by atoms with Gasteiger partial charge in [0.05, 0.1) is 0 Å². The van der Waals surface area contributed by atoms with E-state index in [1.54, 1.807) is 0 Å². The topological polar surface area (TPSA) is 32.3 Å². The van der Waals surface area contributed by atoms with Crippen LogP contribution in [0, 0.1) is 0 Å². The summed E-state index contributed by atoms with van der Waals surface area (Å²) in [6.07, 6.45) is 4.53. The van der Waals surface area contributed by atoms with E-state index >= 15 is 0 Å². The van der Waals surface area contributed by atoms with Crippen molar-refractivity contribution in [2.45, 2.75) is 31.7 Å². The number of likely N-dealkylation sites (tertiary alicyclic amines) is 1. The zero-order chi connectivity index (χ0) is 13.7. The monoisotopic (exact) mass is 324 g/mol. The first kappa shape index (κ1) is 14.5. The number of carbonyl (C=O) groups excluding carboxylic acids is 1. The molecule has 0 aliphatic carbocycles. The van der Waals surface area contributed by atoms with Crippen LogP contribution in [-0.4, -0.2) is 37.0 Å². The van der Waals surface area contributed by atoms with Gasteiger partial charge in [-0.2, -0.15) is 0 Å². The molecule has 19 heavy (non-hydrogen) atoms. The van der Waals surface area contributed by atoms with E-state index in [9.17, 15) is 4.79 Å². The van der Waals surface area contributed by atoms with Gasteiger partial charge in [0.2, 0.25) is 0 Å². The minimum Gasteiger partial charge on any atom is -0.336 e. The molecule has 0 radical (unpaired) electrons. The van der Waals surface area contributed by atoms with E-state index in [1.807, 2.05) is 31.3 Å². The Morgan fingerprint density at radius 1 is 1.37 bits per heavy atom. The maximum Gasteiger partial charge on any atom is 0.254 e. The number of piperidine rings is 1. The third-order valence-electron chi connectivity index (χ3n) is 3.71. The van der Waals surface area contributed by atoms with E-state index < -0.39 is 0 Å². The summed E-state index contributed by atoms with van der Waals surface area (Å²) in [7, 11) is 1.96. The van der Waals surface area contributed by atoms with Crippen LogP contribution in [-0.2, 0) is 0 Å². The van der Waals surface area contributed by atoms with Crippen LogP contribution in [0.5, 0.6) is 0 Å². The summed E-state index contributed by atoms with van der Waals surface area (Å²) in [5.74, 6) is 0.174. The van der Waals surface area contributed by atoms with Crippen LogP contribution < -0.4 is 5.32 Å². The van der Waals surface area contributed by atoms with Crippen LogP contribution in [0.2, 0.25) is 0 Å². The van der Waals surface area contributed by atoms with Crippen molar-refractivity contribution in [3.05, 3.63) is 34.3 Å². The van der Waals surface area contributed by atoms with Crippen molar-refractivity contribution in [2.75, 3.05) is 20.1 Å². The Balaban J connectivity index is 2.08. The summed E-state index contributed by atoms with van der Waals surface area (Å²) in [6, 6.07) is 8.05. The molecule has 1 atom stereocenters. The fourth-order valence-corrected chi connectivity index (χ4v) is 2.90. The number of hydrogen-bond acceptors (Lipinski definition) is 2. The number of carbonyl (C=O) groups is 1. The summed E-state index contributed by atoms with van der Waals surface area (Å²) in [4.78, 5) is 14.6. The molecule has 1 amide bonds. The maximum absolute atomic E-state index is 12.6. The molecule has 1 aromatic rings. The third kappa shape index (κ3) is 3.80. The number of benzene rings is 1. The van der Waals surface area contributed by atoms with Crippen molar-refractivity contribution in [2.24, 2.45) is 0 Å². The minimum atomic E-state index is 0.174. The van der Waals surface area contributed by atoms with E-state index in [0.717, 1.165) is 42.4 Å². The number of amides is 1. The van der Waals surface area contributed by atoms with Crippen LogP contribution in [0.1, 0.15) is 36.0 Å². The van der Waals surface area contributed by atoms with Crippen molar-refractivity contribution in [3.8, 4) is 0 Å². The summed E-state index contributed by atoms with van der Waals surface area (Å²) < 4.78 is 1.01. The molecule has 1 aliphatic heterocycles. The van der Waals surface area contributed by atoms with Crippen molar-refractivity contribution < 1.29 is 4.79 Å². The number of nitrogens with one attached hydrogen (secondary N) is 1. The van der Waals surface area contributed by atoms with Gasteiger partial charge in [-0.1, -0.05) is 15.9 Å². The molecule has 104 valence electrons. The molecule has 3 nitrogen and oxygen atoms in total. The van der Waals surface area contributed by atoms with E-state index in [1.165, 1.54) is 6.42 Å². The molecule has 1 unspecified atom stereocenters. The van der Waals surface area contributed by atoms with E-state index in [-0.39, 0.29) is 5.91 Å². The van der Waals surface area contributed by atoms with Gasteiger partial charge in [0.1, 0.15) is 0 Å². The Kier molecular flexibility index (Phi) is 5.40. The van der Waals surface area contributed by atoms with Gasteiger partial charge >= 0.3 is 0 Å². The Bertz CT molecular complexity index is 419. The normalized spacial score (nSPS) is 19.5. The predicted octanol–water partition coefficient (Wildman–Crippen LogP) is 3.05. The lowest BCUT2D eigenvalue weighted by atomic mass is 9.98. The second kappa shape index (κ2) is 7.06. The Morgan fingerprint density at radius 3 is 2.79 bits per heavy atom. The largest absolute Gasteiger partial charge is 0.336 e. The lowest BCUT2D eigenvalue weighted by Gasteiger charge is -2.36. The minimum absolute atomic E-state index is 0.174. The van der Waals surface area contributed by atoms with Crippen LogP contribution in [0.25, 0.3) is 0 Å². The van der Waals surface area contributed by atoms with Gasteiger partial charge in [0, 0.05) is 22.6 Å². The van der Waals surface area contributed by atoms with Crippen LogP contribution in [0.4, 0.5) is 0 Å². The Morgan fingerprint density at radius 2 is 2.11 bits per heavy atom. The summed E-state index contributed by atoms with van der Waals surface area (Å²) in [6.45, 7) is 1.86. The van der Waals surface area contributed by atoms with Crippen LogP contribution in [0.3, 0.4) is 0 Å². The standard InChI is InChI=1S/C15H21BrN2O/c1-17-10-9-14-4-2-3-11-18(14)15(19)12-5-7-13(16)8-6-12/h5-8,14,17H,2-4,9-11H2,1H3. The average molecular weight is 325 g/mol. The number of nitrogens with zero attached hydrogens (tertiary/aromatic N) is 1. The van der Waals surface area contributed by atoms with Crippen LogP contribution in [0.15, 0.2) is 28.7 Å². The highest BCUT2D eigenvalue weighted by atomic mass is 79.9. The van der Waals surface area contributed by atoms with Crippen molar-refractivity contribution in [1.82, 2.24) is 10.2 Å². The predicted molar refractivity (Wildman–Crippen MR) is 81.4 cm³/mol. The first-order valence-electron chi connectivity index (χ1n) is 6.93. The number of rotatable bonds is 4. The average Bonchev–Trinajstić information content (AvgIpc) is 2.45. The van der Waals surface area contributed by atoms with E-state index in [4.69, 9.17) is 0 Å². The molecule has 2 rings (SSSR count). The molecule has 0 spiro atoms. The molecule has 1 aliphatic rings. The molecule has 1 N–H and O–H groups in total. The first-order valence-corrected chi connectivity index (χ1v) is 7.73. The lowest BCUT2D eigenvalue weighted by Crippen LogP contribution is -2.44. The fraction of sp³-hybridized carbons (Fsp3) is 0.533. The molecule has 0 saturated carbocycles. The van der Waals surface area contributed by atoms with Crippen molar-refractivity contribution in [3.63, 3.8) is 0 Å². The Hall–Kier alpha value is -0.870. The first-order chi connectivity index (χ1) is 9.22. The summed E-state index contributed by atoms with van der Waals surface area (Å²) in [5.41, 5.74) is 0.791. The smallest absolute Gasteiger partial charge is 0.254 e. The van der Waals surface area contributed by atoms with Gasteiger partial charge in [-0.05, 0) is 63.5 Å². The Labute approximate surface area is 123 Å². The van der Waals surface area contributed by atoms with Gasteiger partial charge < -0.3 is 10.2 Å². The highest BCUT2D eigenvalue weighted by Gasteiger charge is 2.26. The molecule has 1 heterocycles. The second-order valence-electron chi connectivity index (χ2n) is 5.05. The molecule has 1 saturated heterocycles. The molecular formula is C15H21BrN2O. The van der Waals surface area contributed by atoms with Crippen molar-refractivity contribution in [1.29, 1.82) is 0 Å². The summed E-state index contributed by atoms with van der Waals surface area (Å²) >= 11 is 3.40. The maximum atomic E-state index is 12.6.